The summed E-state index contributed by atoms with van der Waals surface area (Å²) in [6, 6.07) is 7.39. The Bertz CT molecular complexity index is 1020. The molecule has 9 heteroatoms. The first-order chi connectivity index (χ1) is 12.7. The number of fused-ring (bicyclic) bond motifs is 1. The van der Waals surface area contributed by atoms with Gasteiger partial charge in [0, 0.05) is 12.1 Å². The molecule has 0 atom stereocenters. The third-order valence-electron chi connectivity index (χ3n) is 4.16. The molecule has 2 aromatic carbocycles. The Kier molecular flexibility index (Phi) is 4.97. The van der Waals surface area contributed by atoms with Crippen molar-refractivity contribution in [1.29, 1.82) is 0 Å². The fourth-order valence-electron chi connectivity index (χ4n) is 2.87. The van der Waals surface area contributed by atoms with Crippen molar-refractivity contribution in [1.82, 2.24) is 0 Å². The number of nitrogens with zero attached hydrogens (tertiary/aromatic N) is 1. The number of ketones is 1. The van der Waals surface area contributed by atoms with Crippen LogP contribution < -0.4 is 4.31 Å². The Labute approximate surface area is 154 Å². The lowest BCUT2D eigenvalue weighted by molar-refractivity contribution is 0.0465. The Morgan fingerprint density at radius 3 is 2.44 bits per heavy atom. The van der Waals surface area contributed by atoms with E-state index >= 15 is 0 Å². The number of benzene rings is 2. The average molecular weight is 395 g/mol. The minimum Gasteiger partial charge on any atom is -0.454 e. The van der Waals surface area contributed by atoms with Gasteiger partial charge >= 0.3 is 5.97 Å². The standard InChI is InChI=1S/C18H15F2NO5S/c1-27(24,25)21-8-7-11-9-12(5-6-15(11)21)16(22)10-26-18(23)17-13(19)3-2-4-14(17)20/h2-6,9H,7-8,10H2,1H3. The fourth-order valence-corrected chi connectivity index (χ4v) is 3.83. The number of halogens is 2. The van der Waals surface area contributed by atoms with Gasteiger partial charge in [0.25, 0.3) is 0 Å². The Hall–Kier alpha value is -2.81. The van der Waals surface area contributed by atoms with Gasteiger partial charge < -0.3 is 4.74 Å². The number of rotatable bonds is 5. The SMILES string of the molecule is CS(=O)(=O)N1CCc2cc(C(=O)COC(=O)c3c(F)cccc3F)ccc21. The first kappa shape index (κ1) is 19.0. The maximum atomic E-state index is 13.6. The van der Waals surface area contributed by atoms with E-state index < -0.39 is 45.6 Å². The number of hydrogen-bond acceptors (Lipinski definition) is 5. The number of carbonyl (C=O) groups excluding carboxylic acids is 2. The predicted molar refractivity (Wildman–Crippen MR) is 93.3 cm³/mol. The summed E-state index contributed by atoms with van der Waals surface area (Å²) in [7, 11) is -3.40. The lowest BCUT2D eigenvalue weighted by atomic mass is 10.1. The van der Waals surface area contributed by atoms with E-state index in [1.54, 1.807) is 0 Å². The molecule has 27 heavy (non-hydrogen) atoms. The molecule has 0 amide bonds. The number of sulfonamides is 1. The molecule has 3 rings (SSSR count). The van der Waals surface area contributed by atoms with Crippen molar-refractivity contribution in [3.63, 3.8) is 0 Å². The number of carbonyl (C=O) groups is 2. The molecule has 0 aromatic heterocycles. The molecule has 0 unspecified atom stereocenters. The lowest BCUT2D eigenvalue weighted by Crippen LogP contribution is -2.27. The summed E-state index contributed by atoms with van der Waals surface area (Å²) >= 11 is 0. The van der Waals surface area contributed by atoms with Crippen molar-refractivity contribution >= 4 is 27.5 Å². The minimum atomic E-state index is -3.40. The molecule has 1 aliphatic rings. The van der Waals surface area contributed by atoms with E-state index in [-0.39, 0.29) is 12.1 Å². The van der Waals surface area contributed by atoms with Crippen LogP contribution in [-0.2, 0) is 21.2 Å². The van der Waals surface area contributed by atoms with Crippen molar-refractivity contribution in [2.45, 2.75) is 6.42 Å². The van der Waals surface area contributed by atoms with Crippen LogP contribution in [0.4, 0.5) is 14.5 Å². The number of anilines is 1. The largest absolute Gasteiger partial charge is 0.454 e. The maximum absolute atomic E-state index is 13.6. The monoisotopic (exact) mass is 395 g/mol. The van der Waals surface area contributed by atoms with Gasteiger partial charge in [0.2, 0.25) is 10.0 Å². The van der Waals surface area contributed by atoms with E-state index in [2.05, 4.69) is 0 Å². The lowest BCUT2D eigenvalue weighted by Gasteiger charge is -2.16. The zero-order valence-corrected chi connectivity index (χ0v) is 15.1. The maximum Gasteiger partial charge on any atom is 0.344 e. The summed E-state index contributed by atoms with van der Waals surface area (Å²) in [5.74, 6) is -4.00. The molecule has 0 spiro atoms. The minimum absolute atomic E-state index is 0.214. The topological polar surface area (TPSA) is 80.8 Å². The first-order valence-corrected chi connectivity index (χ1v) is 9.78. The molecule has 0 bridgehead atoms. The van der Waals surface area contributed by atoms with Gasteiger partial charge in [0.1, 0.15) is 17.2 Å². The van der Waals surface area contributed by atoms with Gasteiger partial charge in [-0.05, 0) is 42.3 Å². The summed E-state index contributed by atoms with van der Waals surface area (Å²) < 4.78 is 56.5. The Morgan fingerprint density at radius 2 is 1.81 bits per heavy atom. The van der Waals surface area contributed by atoms with Gasteiger partial charge in [-0.3, -0.25) is 9.10 Å². The van der Waals surface area contributed by atoms with Crippen LogP contribution >= 0.6 is 0 Å². The van der Waals surface area contributed by atoms with Gasteiger partial charge in [-0.2, -0.15) is 0 Å². The molecule has 142 valence electrons. The van der Waals surface area contributed by atoms with Crippen LogP contribution in [0, 0.1) is 11.6 Å². The first-order valence-electron chi connectivity index (χ1n) is 7.93. The molecular formula is C18H15F2NO5S. The Balaban J connectivity index is 1.72. The van der Waals surface area contributed by atoms with Gasteiger partial charge in [-0.25, -0.2) is 22.0 Å². The second-order valence-corrected chi connectivity index (χ2v) is 7.93. The van der Waals surface area contributed by atoms with Crippen LogP contribution in [0.2, 0.25) is 0 Å². The summed E-state index contributed by atoms with van der Waals surface area (Å²) in [6.45, 7) is -0.408. The van der Waals surface area contributed by atoms with Gasteiger partial charge in [0.15, 0.2) is 12.4 Å². The van der Waals surface area contributed by atoms with E-state index in [1.165, 1.54) is 22.5 Å². The van der Waals surface area contributed by atoms with Crippen molar-refractivity contribution in [3.05, 3.63) is 64.7 Å². The highest BCUT2D eigenvalue weighted by atomic mass is 32.2. The van der Waals surface area contributed by atoms with Crippen LogP contribution in [0.5, 0.6) is 0 Å². The predicted octanol–water partition coefficient (Wildman–Crippen LogP) is 2.33. The van der Waals surface area contributed by atoms with E-state index in [0.29, 0.717) is 17.7 Å². The van der Waals surface area contributed by atoms with Crippen LogP contribution in [0.1, 0.15) is 26.3 Å². The van der Waals surface area contributed by atoms with Crippen molar-refractivity contribution in [2.75, 3.05) is 23.7 Å². The molecule has 2 aromatic rings. The molecular weight excluding hydrogens is 380 g/mol. The normalized spacial score (nSPS) is 13.4. The number of esters is 1. The zero-order chi connectivity index (χ0) is 19.8. The van der Waals surface area contributed by atoms with E-state index in [4.69, 9.17) is 4.74 Å². The Morgan fingerprint density at radius 1 is 1.15 bits per heavy atom. The highest BCUT2D eigenvalue weighted by molar-refractivity contribution is 7.92. The molecule has 0 radical (unpaired) electrons. The number of Topliss-reactive ketones (excluding diaryl/α,β-unsaturated/α-hetero) is 1. The summed E-state index contributed by atoms with van der Waals surface area (Å²) in [5, 5.41) is 0. The van der Waals surface area contributed by atoms with E-state index in [0.717, 1.165) is 24.5 Å². The second kappa shape index (κ2) is 7.07. The molecule has 6 nitrogen and oxygen atoms in total. The third-order valence-corrected chi connectivity index (χ3v) is 5.34. The molecule has 0 saturated heterocycles. The smallest absolute Gasteiger partial charge is 0.344 e. The highest BCUT2D eigenvalue weighted by Gasteiger charge is 2.27. The molecule has 0 N–H and O–H groups in total. The van der Waals surface area contributed by atoms with E-state index in [1.807, 2.05) is 0 Å². The second-order valence-electron chi connectivity index (χ2n) is 6.02. The molecule has 0 saturated carbocycles. The number of hydrogen-bond donors (Lipinski definition) is 0. The van der Waals surface area contributed by atoms with Crippen LogP contribution in [-0.4, -0.2) is 39.6 Å². The van der Waals surface area contributed by atoms with Crippen LogP contribution in [0.3, 0.4) is 0 Å². The third kappa shape index (κ3) is 3.82. The van der Waals surface area contributed by atoms with Gasteiger partial charge in [-0.1, -0.05) is 6.07 Å². The van der Waals surface area contributed by atoms with Gasteiger partial charge in [0.05, 0.1) is 11.9 Å². The van der Waals surface area contributed by atoms with Crippen molar-refractivity contribution < 1.29 is 31.5 Å². The summed E-state index contributed by atoms with van der Waals surface area (Å²) in [6.07, 6.45) is 1.55. The molecule has 0 fully saturated rings. The molecule has 0 aliphatic carbocycles. The van der Waals surface area contributed by atoms with Gasteiger partial charge in [-0.15, -0.1) is 0 Å². The van der Waals surface area contributed by atoms with Crippen molar-refractivity contribution in [2.24, 2.45) is 0 Å². The fraction of sp³-hybridized carbons (Fsp3) is 0.222. The van der Waals surface area contributed by atoms with E-state index in [9.17, 15) is 26.8 Å². The zero-order valence-electron chi connectivity index (χ0n) is 14.2. The van der Waals surface area contributed by atoms with Crippen molar-refractivity contribution in [3.8, 4) is 0 Å². The molecule has 1 aliphatic heterocycles. The van der Waals surface area contributed by atoms with Crippen LogP contribution in [0.15, 0.2) is 36.4 Å². The van der Waals surface area contributed by atoms with Crippen LogP contribution in [0.25, 0.3) is 0 Å². The number of ether oxygens (including phenoxy) is 1. The summed E-state index contributed by atoms with van der Waals surface area (Å²) in [4.78, 5) is 24.1. The quantitative estimate of drug-likeness (QED) is 0.573. The molecule has 1 heterocycles. The average Bonchev–Trinajstić information content (AvgIpc) is 3.03. The summed E-state index contributed by atoms with van der Waals surface area (Å²) in [5.41, 5.74) is 0.533. The highest BCUT2D eigenvalue weighted by Crippen LogP contribution is 2.30.